The molecule has 106 valence electrons. The minimum Gasteiger partial charge on any atom is -0.382 e. The number of benzene rings is 1. The summed E-state index contributed by atoms with van der Waals surface area (Å²) in [6.45, 7) is 9.31. The highest BCUT2D eigenvalue weighted by atomic mass is 14.9. The first-order valence-electron chi connectivity index (χ1n) is 7.83. The van der Waals surface area contributed by atoms with E-state index in [1.165, 1.54) is 43.4 Å². The van der Waals surface area contributed by atoms with Crippen LogP contribution in [-0.2, 0) is 0 Å². The first-order valence-corrected chi connectivity index (χ1v) is 7.83. The van der Waals surface area contributed by atoms with Crippen molar-refractivity contribution in [3.63, 3.8) is 0 Å². The normalized spacial score (nSPS) is 23.1. The van der Waals surface area contributed by atoms with Crippen LogP contribution in [0.25, 0.3) is 0 Å². The quantitative estimate of drug-likeness (QED) is 0.699. The van der Waals surface area contributed by atoms with Crippen LogP contribution in [0.2, 0.25) is 0 Å². The molecule has 0 aromatic heterocycles. The first-order chi connectivity index (χ1) is 8.96. The number of rotatable bonds is 3. The maximum atomic E-state index is 3.72. The van der Waals surface area contributed by atoms with Gasteiger partial charge in [-0.25, -0.2) is 0 Å². The van der Waals surface area contributed by atoms with E-state index in [0.29, 0.717) is 17.4 Å². The SMILES string of the molecule is CC(C)c1ccc(NC2CCCC(C)(C)CC2)cc1. The van der Waals surface area contributed by atoms with Crippen LogP contribution in [0, 0.1) is 5.41 Å². The third kappa shape index (κ3) is 4.26. The van der Waals surface area contributed by atoms with Gasteiger partial charge in [-0.15, -0.1) is 0 Å². The Morgan fingerprint density at radius 3 is 2.37 bits per heavy atom. The molecule has 1 saturated carbocycles. The molecule has 1 unspecified atom stereocenters. The second kappa shape index (κ2) is 5.98. The van der Waals surface area contributed by atoms with Crippen molar-refractivity contribution in [2.45, 2.75) is 71.8 Å². The zero-order chi connectivity index (χ0) is 13.9. The van der Waals surface area contributed by atoms with Crippen molar-refractivity contribution in [3.05, 3.63) is 29.8 Å². The van der Waals surface area contributed by atoms with Crippen molar-refractivity contribution in [3.8, 4) is 0 Å². The summed E-state index contributed by atoms with van der Waals surface area (Å²) >= 11 is 0. The molecule has 1 aliphatic carbocycles. The van der Waals surface area contributed by atoms with E-state index in [-0.39, 0.29) is 0 Å². The fraction of sp³-hybridized carbons (Fsp3) is 0.667. The van der Waals surface area contributed by atoms with E-state index in [2.05, 4.69) is 57.3 Å². The lowest BCUT2D eigenvalue weighted by Gasteiger charge is -2.22. The maximum Gasteiger partial charge on any atom is 0.0342 e. The summed E-state index contributed by atoms with van der Waals surface area (Å²) in [4.78, 5) is 0. The summed E-state index contributed by atoms with van der Waals surface area (Å²) in [7, 11) is 0. The van der Waals surface area contributed by atoms with Gasteiger partial charge >= 0.3 is 0 Å². The molecular weight excluding hydrogens is 230 g/mol. The highest BCUT2D eigenvalue weighted by molar-refractivity contribution is 5.46. The molecule has 0 amide bonds. The molecule has 0 aliphatic heterocycles. The van der Waals surface area contributed by atoms with E-state index in [1.54, 1.807) is 0 Å². The third-order valence-corrected chi connectivity index (χ3v) is 4.52. The molecule has 1 heteroatoms. The third-order valence-electron chi connectivity index (χ3n) is 4.52. The molecule has 1 fully saturated rings. The van der Waals surface area contributed by atoms with E-state index in [0.717, 1.165) is 0 Å². The molecule has 0 bridgehead atoms. The molecule has 0 heterocycles. The predicted octanol–water partition coefficient (Wildman–Crippen LogP) is 5.58. The molecule has 1 aliphatic rings. The molecule has 1 aromatic rings. The Hall–Kier alpha value is -0.980. The van der Waals surface area contributed by atoms with E-state index >= 15 is 0 Å². The summed E-state index contributed by atoms with van der Waals surface area (Å²) in [6, 6.07) is 9.66. The Bertz CT molecular complexity index is 389. The Morgan fingerprint density at radius 2 is 1.74 bits per heavy atom. The van der Waals surface area contributed by atoms with E-state index in [9.17, 15) is 0 Å². The lowest BCUT2D eigenvalue weighted by atomic mass is 9.85. The fourth-order valence-electron chi connectivity index (χ4n) is 3.01. The number of hydrogen-bond acceptors (Lipinski definition) is 1. The van der Waals surface area contributed by atoms with Crippen molar-refractivity contribution >= 4 is 5.69 Å². The second-order valence-corrected chi connectivity index (χ2v) is 7.21. The summed E-state index contributed by atoms with van der Waals surface area (Å²) in [6.07, 6.45) is 6.69. The van der Waals surface area contributed by atoms with Crippen molar-refractivity contribution in [2.24, 2.45) is 5.41 Å². The Balaban J connectivity index is 1.93. The number of hydrogen-bond donors (Lipinski definition) is 1. The first kappa shape index (κ1) is 14.4. The van der Waals surface area contributed by atoms with Crippen LogP contribution in [0.3, 0.4) is 0 Å². The molecule has 0 spiro atoms. The van der Waals surface area contributed by atoms with E-state index in [4.69, 9.17) is 0 Å². The van der Waals surface area contributed by atoms with Crippen LogP contribution >= 0.6 is 0 Å². The summed E-state index contributed by atoms with van der Waals surface area (Å²) < 4.78 is 0. The molecule has 19 heavy (non-hydrogen) atoms. The lowest BCUT2D eigenvalue weighted by molar-refractivity contribution is 0.313. The van der Waals surface area contributed by atoms with Crippen LogP contribution in [0.5, 0.6) is 0 Å². The smallest absolute Gasteiger partial charge is 0.0342 e. The van der Waals surface area contributed by atoms with E-state index in [1.807, 2.05) is 0 Å². The van der Waals surface area contributed by atoms with Crippen LogP contribution in [0.15, 0.2) is 24.3 Å². The van der Waals surface area contributed by atoms with Crippen molar-refractivity contribution in [2.75, 3.05) is 5.32 Å². The highest BCUT2D eigenvalue weighted by Crippen LogP contribution is 2.34. The molecule has 1 atom stereocenters. The number of nitrogens with one attached hydrogen (secondary N) is 1. The van der Waals surface area contributed by atoms with Gasteiger partial charge < -0.3 is 5.32 Å². The topological polar surface area (TPSA) is 12.0 Å². The zero-order valence-corrected chi connectivity index (χ0v) is 13.0. The lowest BCUT2D eigenvalue weighted by Crippen LogP contribution is -2.19. The molecule has 1 N–H and O–H groups in total. The summed E-state index contributed by atoms with van der Waals surface area (Å²) in [5, 5.41) is 3.72. The highest BCUT2D eigenvalue weighted by Gasteiger charge is 2.24. The Morgan fingerprint density at radius 1 is 1.05 bits per heavy atom. The maximum absolute atomic E-state index is 3.72. The zero-order valence-electron chi connectivity index (χ0n) is 13.0. The minimum atomic E-state index is 0.540. The van der Waals surface area contributed by atoms with E-state index < -0.39 is 0 Å². The van der Waals surface area contributed by atoms with Gasteiger partial charge in [0.05, 0.1) is 0 Å². The predicted molar refractivity (Wildman–Crippen MR) is 84.8 cm³/mol. The van der Waals surface area contributed by atoms with Gasteiger partial charge in [0.15, 0.2) is 0 Å². The van der Waals surface area contributed by atoms with Gasteiger partial charge in [-0.2, -0.15) is 0 Å². The molecule has 1 aromatic carbocycles. The van der Waals surface area contributed by atoms with Crippen molar-refractivity contribution in [1.29, 1.82) is 0 Å². The van der Waals surface area contributed by atoms with Crippen LogP contribution in [-0.4, -0.2) is 6.04 Å². The molecule has 0 radical (unpaired) electrons. The van der Waals surface area contributed by atoms with Gasteiger partial charge in [0.1, 0.15) is 0 Å². The second-order valence-electron chi connectivity index (χ2n) is 7.21. The van der Waals surface area contributed by atoms with Crippen molar-refractivity contribution in [1.82, 2.24) is 0 Å². The summed E-state index contributed by atoms with van der Waals surface area (Å²) in [5.74, 6) is 0.618. The minimum absolute atomic E-state index is 0.540. The molecule has 1 nitrogen and oxygen atoms in total. The van der Waals surface area contributed by atoms with Gasteiger partial charge in [0.2, 0.25) is 0 Å². The van der Waals surface area contributed by atoms with Gasteiger partial charge in [-0.3, -0.25) is 0 Å². The van der Waals surface area contributed by atoms with Crippen LogP contribution in [0.4, 0.5) is 5.69 Å². The standard InChI is InChI=1S/C18H29N/c1-14(2)15-7-9-17(10-8-15)19-16-6-5-12-18(3,4)13-11-16/h7-10,14,16,19H,5-6,11-13H2,1-4H3. The average Bonchev–Trinajstić information content (AvgIpc) is 2.52. The van der Waals surface area contributed by atoms with Gasteiger partial charge in [-0.1, -0.05) is 46.2 Å². The van der Waals surface area contributed by atoms with Gasteiger partial charge in [0.25, 0.3) is 0 Å². The van der Waals surface area contributed by atoms with Crippen LogP contribution in [0.1, 0.15) is 71.3 Å². The van der Waals surface area contributed by atoms with Crippen LogP contribution < -0.4 is 5.32 Å². The number of anilines is 1. The average molecular weight is 259 g/mol. The Kier molecular flexibility index (Phi) is 4.54. The molecule has 0 saturated heterocycles. The Labute approximate surface area is 118 Å². The summed E-state index contributed by atoms with van der Waals surface area (Å²) in [5.41, 5.74) is 3.25. The molecule has 2 rings (SSSR count). The fourth-order valence-corrected chi connectivity index (χ4v) is 3.01. The molecular formula is C18H29N. The largest absolute Gasteiger partial charge is 0.382 e. The van der Waals surface area contributed by atoms with Gasteiger partial charge in [0, 0.05) is 11.7 Å². The monoisotopic (exact) mass is 259 g/mol. The van der Waals surface area contributed by atoms with Gasteiger partial charge in [-0.05, 0) is 54.7 Å². The van der Waals surface area contributed by atoms with Crippen molar-refractivity contribution < 1.29 is 0 Å².